The molecule has 0 radical (unpaired) electrons. The summed E-state index contributed by atoms with van der Waals surface area (Å²) in [6.07, 6.45) is 1.50. The number of benzene rings is 6. The fourth-order valence-corrected chi connectivity index (χ4v) is 11.7. The molecule has 7 rings (SSSR count). The SMILES string of the molecule is Cc1ccc(OS(=O)Sc2ccnc(SS(=O)Oc3ccc(C)cc3)n2)cc1.Cc1ccc(SS(=O)Oc2ccccc2)cc1.O=[N+]([O-])c1ccc(OS(=O)Sc2ccccc2)c([N+](=O)[O-])c1. The maximum absolute atomic E-state index is 12.2. The molecule has 1 aromatic heterocycles. The predicted molar refractivity (Wildman–Crippen MR) is 267 cm³/mol. The van der Waals surface area contributed by atoms with Crippen LogP contribution in [-0.4, -0.2) is 36.7 Å². The first-order valence-corrected chi connectivity index (χ1v) is 28.5. The van der Waals surface area contributed by atoms with E-state index in [-0.39, 0.29) is 10.9 Å². The van der Waals surface area contributed by atoms with E-state index in [1.54, 1.807) is 72.8 Å². The molecule has 0 amide bonds. The molecule has 4 unspecified atom stereocenters. The van der Waals surface area contributed by atoms with Gasteiger partial charge in [-0.05, 0) is 93.6 Å². The highest BCUT2D eigenvalue weighted by molar-refractivity contribution is 8.68. The van der Waals surface area contributed by atoms with Crippen molar-refractivity contribution in [2.75, 3.05) is 0 Å². The molecule has 348 valence electrons. The van der Waals surface area contributed by atoms with Gasteiger partial charge < -0.3 is 16.7 Å². The molecule has 0 bridgehead atoms. The first-order valence-electron chi connectivity index (χ1n) is 18.9. The Balaban J connectivity index is 0.000000194. The normalized spacial score (nSPS) is 12.3. The molecule has 0 aliphatic rings. The van der Waals surface area contributed by atoms with E-state index in [9.17, 15) is 37.1 Å². The molecule has 0 N–H and O–H groups in total. The number of hydrogen-bond acceptors (Lipinski definition) is 18. The molecule has 67 heavy (non-hydrogen) atoms. The van der Waals surface area contributed by atoms with Crippen LogP contribution in [0.3, 0.4) is 0 Å². The second-order valence-corrected chi connectivity index (χ2v) is 22.9. The van der Waals surface area contributed by atoms with Crippen molar-refractivity contribution in [1.29, 1.82) is 0 Å². The average Bonchev–Trinajstić information content (AvgIpc) is 3.30. The smallest absolute Gasteiger partial charge is 0.319 e. The van der Waals surface area contributed by atoms with Crippen LogP contribution in [0.15, 0.2) is 184 Å². The van der Waals surface area contributed by atoms with Gasteiger partial charge >= 0.3 is 5.69 Å². The van der Waals surface area contributed by atoms with Crippen LogP contribution >= 0.6 is 43.2 Å². The number of hydrogen-bond donors (Lipinski definition) is 0. The third-order valence-corrected chi connectivity index (χ3v) is 15.9. The molecule has 0 aliphatic heterocycles. The van der Waals surface area contributed by atoms with E-state index in [0.29, 0.717) is 27.2 Å². The third kappa shape index (κ3) is 19.3. The van der Waals surface area contributed by atoms with Gasteiger partial charge in [-0.15, -0.1) is 0 Å². The first kappa shape index (κ1) is 52.4. The molecular formula is C43H36N4O12S8. The van der Waals surface area contributed by atoms with Crippen molar-refractivity contribution < 1.29 is 43.4 Å². The van der Waals surface area contributed by atoms with Gasteiger partial charge in [0.15, 0.2) is 0 Å². The lowest BCUT2D eigenvalue weighted by molar-refractivity contribution is -0.394. The summed E-state index contributed by atoms with van der Waals surface area (Å²) in [6, 6.07) is 44.6. The first-order chi connectivity index (χ1) is 32.2. The van der Waals surface area contributed by atoms with Gasteiger partial charge in [-0.25, -0.2) is 26.8 Å². The summed E-state index contributed by atoms with van der Waals surface area (Å²) in [5.41, 5.74) is 2.30. The molecule has 4 atom stereocenters. The molecular weight excluding hydrogens is 1020 g/mol. The minimum atomic E-state index is -1.92. The van der Waals surface area contributed by atoms with E-state index in [1.807, 2.05) is 87.5 Å². The minimum absolute atomic E-state index is 0.253. The molecule has 0 fully saturated rings. The summed E-state index contributed by atoms with van der Waals surface area (Å²) in [5.74, 6) is 1.32. The molecule has 24 heteroatoms. The molecule has 1 heterocycles. The van der Waals surface area contributed by atoms with Gasteiger partial charge in [-0.3, -0.25) is 20.2 Å². The zero-order chi connectivity index (χ0) is 48.1. The van der Waals surface area contributed by atoms with Crippen molar-refractivity contribution in [2.24, 2.45) is 0 Å². The van der Waals surface area contributed by atoms with Gasteiger partial charge in [-0.2, -0.15) is 0 Å². The summed E-state index contributed by atoms with van der Waals surface area (Å²) >= 11 is 0. The van der Waals surface area contributed by atoms with Crippen LogP contribution in [0.1, 0.15) is 16.7 Å². The number of nitrogens with zero attached hydrogens (tertiary/aromatic N) is 4. The Morgan fingerprint density at radius 3 is 1.45 bits per heavy atom. The summed E-state index contributed by atoms with van der Waals surface area (Å²) in [5, 5.41) is 22.3. The van der Waals surface area contributed by atoms with E-state index in [2.05, 4.69) is 9.97 Å². The summed E-state index contributed by atoms with van der Waals surface area (Å²) in [6.45, 7) is 5.94. The van der Waals surface area contributed by atoms with E-state index >= 15 is 0 Å². The number of nitro benzene ring substituents is 2. The summed E-state index contributed by atoms with van der Waals surface area (Å²) < 4.78 is 68.9. The maximum Gasteiger partial charge on any atom is 0.319 e. The Morgan fingerprint density at radius 2 is 0.925 bits per heavy atom. The Labute approximate surface area is 410 Å². The van der Waals surface area contributed by atoms with Gasteiger partial charge in [0.1, 0.15) is 22.3 Å². The number of non-ortho nitro benzene ring substituents is 1. The van der Waals surface area contributed by atoms with Crippen LogP contribution in [0.5, 0.6) is 23.0 Å². The van der Waals surface area contributed by atoms with Gasteiger partial charge in [0, 0.05) is 54.4 Å². The molecule has 16 nitrogen and oxygen atoms in total. The van der Waals surface area contributed by atoms with Crippen molar-refractivity contribution in [2.45, 2.75) is 40.7 Å². The molecule has 7 aromatic rings. The highest BCUT2D eigenvalue weighted by atomic mass is 33.1. The topological polar surface area (TPSA) is 217 Å². The van der Waals surface area contributed by atoms with Crippen molar-refractivity contribution >= 4 is 95.0 Å². The largest absolute Gasteiger partial charge is 0.392 e. The fraction of sp³-hybridized carbons (Fsp3) is 0.0698. The molecule has 6 aromatic carbocycles. The standard InChI is InChI=1S/C18H16N2O4S4.C13H12O2S2.C12H8N2O6S2/c1-13-3-7-15(8-4-13)23-27(21)25-17-11-12-19-18(20-17)26-28(22)24-16-9-5-14(2)6-10-16;1-11-7-9-13(10-8-11)16-17(14)15-12-5-3-2-4-6-12;15-13(16)9-6-7-12(11(8-9)14(17)18)20-22(19)21-10-4-2-1-3-5-10/h3-12H,1-2H3;2-10H,1H3;1-8H. The van der Waals surface area contributed by atoms with Crippen molar-refractivity contribution in [3.05, 3.63) is 201 Å². The average molecular weight is 1060 g/mol. The summed E-state index contributed by atoms with van der Waals surface area (Å²) in [4.78, 5) is 29.9. The van der Waals surface area contributed by atoms with Gasteiger partial charge in [0.05, 0.1) is 26.7 Å². The minimum Gasteiger partial charge on any atom is -0.392 e. The Hall–Kier alpha value is -5.60. The number of para-hydroxylation sites is 1. The second-order valence-electron chi connectivity index (χ2n) is 12.9. The van der Waals surface area contributed by atoms with E-state index in [4.69, 9.17) is 16.7 Å². The van der Waals surface area contributed by atoms with Gasteiger partial charge in [0.25, 0.3) is 46.1 Å². The Morgan fingerprint density at radius 1 is 0.478 bits per heavy atom. The van der Waals surface area contributed by atoms with E-state index in [1.165, 1.54) is 22.6 Å². The number of aryl methyl sites for hydroxylation is 3. The Bertz CT molecular complexity index is 2740. The zero-order valence-electron chi connectivity index (χ0n) is 35.0. The Kier molecular flexibility index (Phi) is 21.3. The predicted octanol–water partition coefficient (Wildman–Crippen LogP) is 11.6. The van der Waals surface area contributed by atoms with Gasteiger partial charge in [0.2, 0.25) is 10.9 Å². The number of nitro groups is 2. The van der Waals surface area contributed by atoms with Crippen LogP contribution in [0.4, 0.5) is 11.4 Å². The fourth-order valence-electron chi connectivity index (χ4n) is 4.64. The summed E-state index contributed by atoms with van der Waals surface area (Å²) in [7, 11) is -2.86. The van der Waals surface area contributed by atoms with Gasteiger partial charge in [-0.1, -0.05) is 89.5 Å². The maximum atomic E-state index is 12.2. The zero-order valence-corrected chi connectivity index (χ0v) is 41.6. The van der Waals surface area contributed by atoms with E-state index < -0.39 is 61.7 Å². The quantitative estimate of drug-likeness (QED) is 0.0256. The highest BCUT2D eigenvalue weighted by Gasteiger charge is 2.23. The molecule has 0 saturated carbocycles. The highest BCUT2D eigenvalue weighted by Crippen LogP contribution is 2.34. The lowest BCUT2D eigenvalue weighted by atomic mass is 10.2. The van der Waals surface area contributed by atoms with Crippen LogP contribution in [0.2, 0.25) is 0 Å². The number of rotatable bonds is 18. The number of aromatic nitrogens is 2. The van der Waals surface area contributed by atoms with E-state index in [0.717, 1.165) is 66.6 Å². The lowest BCUT2D eigenvalue weighted by Gasteiger charge is -2.05. The molecule has 0 spiro atoms. The molecule has 0 saturated heterocycles. The van der Waals surface area contributed by atoms with Crippen molar-refractivity contribution in [3.63, 3.8) is 0 Å². The lowest BCUT2D eigenvalue weighted by Crippen LogP contribution is -2.00. The van der Waals surface area contributed by atoms with Crippen molar-refractivity contribution in [3.8, 4) is 23.0 Å². The second kappa shape index (κ2) is 27.3. The van der Waals surface area contributed by atoms with Crippen LogP contribution in [0, 0.1) is 41.0 Å². The van der Waals surface area contributed by atoms with Crippen LogP contribution in [0.25, 0.3) is 0 Å². The van der Waals surface area contributed by atoms with Crippen LogP contribution in [-0.2, 0) is 40.4 Å². The van der Waals surface area contributed by atoms with Crippen molar-refractivity contribution in [1.82, 2.24) is 9.97 Å². The third-order valence-electron chi connectivity index (χ3n) is 7.78. The molecule has 0 aliphatic carbocycles. The monoisotopic (exact) mass is 1060 g/mol. The van der Waals surface area contributed by atoms with Crippen LogP contribution < -0.4 is 16.7 Å².